The van der Waals surface area contributed by atoms with Crippen molar-refractivity contribution in [3.8, 4) is 0 Å². The van der Waals surface area contributed by atoms with Gasteiger partial charge in [0, 0.05) is 12.7 Å². The van der Waals surface area contributed by atoms with Crippen LogP contribution in [0.2, 0.25) is 0 Å². The van der Waals surface area contributed by atoms with Gasteiger partial charge in [-0.05, 0) is 0 Å². The van der Waals surface area contributed by atoms with E-state index in [1.165, 1.54) is 7.11 Å². The van der Waals surface area contributed by atoms with E-state index < -0.39 is 18.7 Å². The quantitative estimate of drug-likeness (QED) is 0.809. The molecule has 2 fully saturated rings. The van der Waals surface area contributed by atoms with Crippen LogP contribution >= 0.6 is 0 Å². The van der Waals surface area contributed by atoms with Crippen molar-refractivity contribution in [1.29, 1.82) is 0 Å². The number of benzene rings is 1. The first-order chi connectivity index (χ1) is 9.28. The maximum absolute atomic E-state index is 12.0. The Hall–Kier alpha value is -1.27. The number of carbonyl (C=O) groups excluding carboxylic acids is 1. The highest BCUT2D eigenvalue weighted by atomic mass is 16.7. The smallest absolute Gasteiger partial charge is 0.184 e. The van der Waals surface area contributed by atoms with E-state index in [9.17, 15) is 4.79 Å². The van der Waals surface area contributed by atoms with E-state index in [0.29, 0.717) is 6.61 Å². The van der Waals surface area contributed by atoms with Crippen molar-refractivity contribution in [3.05, 3.63) is 35.9 Å². The highest BCUT2D eigenvalue weighted by Crippen LogP contribution is 2.31. The van der Waals surface area contributed by atoms with Gasteiger partial charge in [0.2, 0.25) is 0 Å². The SMILES string of the molecule is CO[C@@H]1CC(=O)[C@@H]2O[C@H](c3ccccc3)OC[C@H]2O1. The molecule has 1 aromatic rings. The molecule has 19 heavy (non-hydrogen) atoms. The van der Waals surface area contributed by atoms with E-state index in [1.54, 1.807) is 0 Å². The van der Waals surface area contributed by atoms with Gasteiger partial charge >= 0.3 is 0 Å². The molecule has 0 unspecified atom stereocenters. The third-order valence-corrected chi connectivity index (χ3v) is 3.37. The average molecular weight is 264 g/mol. The summed E-state index contributed by atoms with van der Waals surface area (Å²) in [6.07, 6.45) is -1.72. The van der Waals surface area contributed by atoms with Crippen LogP contribution in [0.15, 0.2) is 30.3 Å². The monoisotopic (exact) mass is 264 g/mol. The van der Waals surface area contributed by atoms with Gasteiger partial charge < -0.3 is 18.9 Å². The minimum absolute atomic E-state index is 0.00679. The molecule has 0 spiro atoms. The first kappa shape index (κ1) is 12.7. The first-order valence-corrected chi connectivity index (χ1v) is 6.31. The lowest BCUT2D eigenvalue weighted by molar-refractivity contribution is -0.298. The molecule has 0 bridgehead atoms. The second-order valence-corrected chi connectivity index (χ2v) is 4.64. The Morgan fingerprint density at radius 2 is 2.00 bits per heavy atom. The highest BCUT2D eigenvalue weighted by Gasteiger charge is 2.43. The van der Waals surface area contributed by atoms with Crippen molar-refractivity contribution in [2.75, 3.05) is 13.7 Å². The summed E-state index contributed by atoms with van der Waals surface area (Å²) in [4.78, 5) is 12.0. The largest absolute Gasteiger partial charge is 0.355 e. The number of ketones is 1. The first-order valence-electron chi connectivity index (χ1n) is 6.31. The van der Waals surface area contributed by atoms with Gasteiger partial charge in [0.15, 0.2) is 18.4 Å². The third kappa shape index (κ3) is 2.55. The van der Waals surface area contributed by atoms with E-state index in [1.807, 2.05) is 30.3 Å². The number of rotatable bonds is 2. The van der Waals surface area contributed by atoms with E-state index in [0.717, 1.165) is 5.56 Å². The fourth-order valence-electron chi connectivity index (χ4n) is 2.37. The summed E-state index contributed by atoms with van der Waals surface area (Å²) in [5, 5.41) is 0. The number of carbonyl (C=O) groups is 1. The maximum Gasteiger partial charge on any atom is 0.184 e. The molecule has 2 aliphatic heterocycles. The topological polar surface area (TPSA) is 54.0 Å². The highest BCUT2D eigenvalue weighted by molar-refractivity contribution is 5.84. The van der Waals surface area contributed by atoms with Gasteiger partial charge in [-0.15, -0.1) is 0 Å². The molecule has 2 aliphatic rings. The predicted octanol–water partition coefficient (Wildman–Crippen LogP) is 1.43. The zero-order valence-electron chi connectivity index (χ0n) is 10.7. The minimum atomic E-state index is -0.564. The summed E-state index contributed by atoms with van der Waals surface area (Å²) >= 11 is 0. The number of fused-ring (bicyclic) bond motifs is 1. The Balaban J connectivity index is 1.72. The molecule has 0 radical (unpaired) electrons. The van der Waals surface area contributed by atoms with Crippen LogP contribution in [0.25, 0.3) is 0 Å². The van der Waals surface area contributed by atoms with Gasteiger partial charge in [-0.3, -0.25) is 4.79 Å². The third-order valence-electron chi connectivity index (χ3n) is 3.37. The fraction of sp³-hybridized carbons (Fsp3) is 0.500. The summed E-state index contributed by atoms with van der Waals surface area (Å²) in [7, 11) is 1.52. The predicted molar refractivity (Wildman–Crippen MR) is 65.3 cm³/mol. The van der Waals surface area contributed by atoms with Gasteiger partial charge in [0.05, 0.1) is 13.0 Å². The van der Waals surface area contributed by atoms with E-state index in [-0.39, 0.29) is 18.3 Å². The molecule has 0 N–H and O–H groups in total. The fourth-order valence-corrected chi connectivity index (χ4v) is 2.37. The number of methoxy groups -OCH3 is 1. The molecule has 3 rings (SSSR count). The Morgan fingerprint density at radius 1 is 1.21 bits per heavy atom. The van der Waals surface area contributed by atoms with Crippen LogP contribution in [0.4, 0.5) is 0 Å². The summed E-state index contributed by atoms with van der Waals surface area (Å²) in [6.45, 7) is 0.329. The Kier molecular flexibility index (Phi) is 3.61. The van der Waals surface area contributed by atoms with Gasteiger partial charge in [0.1, 0.15) is 12.2 Å². The van der Waals surface area contributed by atoms with Crippen LogP contribution in [0, 0.1) is 0 Å². The molecule has 2 heterocycles. The number of Topliss-reactive ketones (excluding diaryl/α,β-unsaturated/α-hetero) is 1. The summed E-state index contributed by atoms with van der Waals surface area (Å²) in [6, 6.07) is 9.57. The Labute approximate surface area is 111 Å². The molecule has 0 amide bonds. The molecule has 5 nitrogen and oxygen atoms in total. The van der Waals surface area contributed by atoms with E-state index >= 15 is 0 Å². The maximum atomic E-state index is 12.0. The second kappa shape index (κ2) is 5.38. The zero-order chi connectivity index (χ0) is 13.2. The van der Waals surface area contributed by atoms with Gasteiger partial charge in [0.25, 0.3) is 0 Å². The molecule has 2 saturated heterocycles. The lowest BCUT2D eigenvalue weighted by Crippen LogP contribution is -2.53. The summed E-state index contributed by atoms with van der Waals surface area (Å²) < 4.78 is 22.0. The number of hydrogen-bond donors (Lipinski definition) is 0. The number of ether oxygens (including phenoxy) is 4. The molecule has 102 valence electrons. The van der Waals surface area contributed by atoms with Gasteiger partial charge in [-0.25, -0.2) is 0 Å². The van der Waals surface area contributed by atoms with Crippen LogP contribution in [0.3, 0.4) is 0 Å². The van der Waals surface area contributed by atoms with Crippen LogP contribution in [0.5, 0.6) is 0 Å². The average Bonchev–Trinajstić information content (AvgIpc) is 2.47. The van der Waals surface area contributed by atoms with Crippen molar-refractivity contribution in [2.45, 2.75) is 31.2 Å². The molecular weight excluding hydrogens is 248 g/mol. The van der Waals surface area contributed by atoms with Gasteiger partial charge in [-0.1, -0.05) is 30.3 Å². The second-order valence-electron chi connectivity index (χ2n) is 4.64. The molecular formula is C14H16O5. The molecule has 0 aromatic heterocycles. The summed E-state index contributed by atoms with van der Waals surface area (Å²) in [5.74, 6) is 0.00679. The van der Waals surface area contributed by atoms with Crippen molar-refractivity contribution < 1.29 is 23.7 Å². The van der Waals surface area contributed by atoms with Crippen molar-refractivity contribution >= 4 is 5.78 Å². The molecule has 1 aromatic carbocycles. The van der Waals surface area contributed by atoms with E-state index in [2.05, 4.69) is 0 Å². The van der Waals surface area contributed by atoms with E-state index in [4.69, 9.17) is 18.9 Å². The Morgan fingerprint density at radius 3 is 2.74 bits per heavy atom. The molecule has 4 atom stereocenters. The van der Waals surface area contributed by atoms with Crippen molar-refractivity contribution in [1.82, 2.24) is 0 Å². The van der Waals surface area contributed by atoms with Crippen molar-refractivity contribution in [2.24, 2.45) is 0 Å². The normalized spacial score (nSPS) is 34.9. The van der Waals surface area contributed by atoms with Crippen molar-refractivity contribution in [3.63, 3.8) is 0 Å². The van der Waals surface area contributed by atoms with Crippen LogP contribution in [-0.2, 0) is 23.7 Å². The zero-order valence-corrected chi connectivity index (χ0v) is 10.7. The number of hydrogen-bond acceptors (Lipinski definition) is 5. The summed E-state index contributed by atoms with van der Waals surface area (Å²) in [5.41, 5.74) is 0.905. The Bertz CT molecular complexity index is 446. The molecule has 0 aliphatic carbocycles. The minimum Gasteiger partial charge on any atom is -0.355 e. The molecule has 0 saturated carbocycles. The van der Waals surface area contributed by atoms with Crippen LogP contribution < -0.4 is 0 Å². The van der Waals surface area contributed by atoms with Gasteiger partial charge in [-0.2, -0.15) is 0 Å². The lowest BCUT2D eigenvalue weighted by atomic mass is 10.0. The van der Waals surface area contributed by atoms with Crippen LogP contribution in [0.1, 0.15) is 18.3 Å². The lowest BCUT2D eigenvalue weighted by Gasteiger charge is -2.40. The van der Waals surface area contributed by atoms with Crippen LogP contribution in [-0.4, -0.2) is 38.0 Å². The molecule has 5 heteroatoms. The standard InChI is InChI=1S/C14H16O5/c1-16-12-7-10(15)13-11(18-12)8-17-14(19-13)9-5-3-2-4-6-9/h2-6,11-14H,7-8H2,1H3/t11-,12+,13+,14-/m1/s1.